The highest BCUT2D eigenvalue weighted by Crippen LogP contribution is 2.37. The van der Waals surface area contributed by atoms with Gasteiger partial charge >= 0.3 is 0 Å². The Morgan fingerprint density at radius 2 is 1.95 bits per heavy atom. The van der Waals surface area contributed by atoms with Crippen molar-refractivity contribution in [2.45, 2.75) is 25.4 Å². The van der Waals surface area contributed by atoms with Gasteiger partial charge in [0.2, 0.25) is 0 Å². The summed E-state index contributed by atoms with van der Waals surface area (Å²) in [6.45, 7) is 1.69. The van der Waals surface area contributed by atoms with Crippen LogP contribution in [0, 0.1) is 0 Å². The van der Waals surface area contributed by atoms with E-state index in [9.17, 15) is 0 Å². The van der Waals surface area contributed by atoms with E-state index in [2.05, 4.69) is 69.4 Å². The quantitative estimate of drug-likeness (QED) is 0.911. The van der Waals surface area contributed by atoms with E-state index in [0.717, 1.165) is 11.0 Å². The predicted octanol–water partition coefficient (Wildman–Crippen LogP) is 4.25. The summed E-state index contributed by atoms with van der Waals surface area (Å²) in [5.41, 5.74) is 9.64. The lowest BCUT2D eigenvalue weighted by molar-refractivity contribution is 0.719. The van der Waals surface area contributed by atoms with Crippen LogP contribution in [0.2, 0.25) is 0 Å². The van der Waals surface area contributed by atoms with E-state index in [1.807, 2.05) is 0 Å². The van der Waals surface area contributed by atoms with Gasteiger partial charge in [-0.05, 0) is 42.2 Å². The first kappa shape index (κ1) is 13.7. The Kier molecular flexibility index (Phi) is 4.08. The zero-order chi connectivity index (χ0) is 13.9. The smallest absolute Gasteiger partial charge is 0.0543 e. The Balaban J connectivity index is 1.94. The van der Waals surface area contributed by atoms with Gasteiger partial charge in [0.05, 0.1) is 6.04 Å². The van der Waals surface area contributed by atoms with Crippen LogP contribution >= 0.6 is 15.9 Å². The monoisotopic (exact) mass is 330 g/mol. The minimum atomic E-state index is 0.483. The van der Waals surface area contributed by atoms with E-state index < -0.39 is 0 Å². The molecule has 0 saturated carbocycles. The second kappa shape index (κ2) is 5.98. The zero-order valence-electron chi connectivity index (χ0n) is 11.4. The highest BCUT2D eigenvalue weighted by atomic mass is 79.9. The number of halogens is 1. The van der Waals surface area contributed by atoms with Gasteiger partial charge in [0.1, 0.15) is 0 Å². The van der Waals surface area contributed by atoms with Crippen molar-refractivity contribution in [1.29, 1.82) is 0 Å². The summed E-state index contributed by atoms with van der Waals surface area (Å²) < 4.78 is 1.11. The molecule has 2 aromatic carbocycles. The van der Waals surface area contributed by atoms with Crippen LogP contribution in [0.3, 0.4) is 0 Å². The number of rotatable bonds is 3. The Morgan fingerprint density at radius 1 is 1.15 bits per heavy atom. The van der Waals surface area contributed by atoms with Crippen molar-refractivity contribution in [3.63, 3.8) is 0 Å². The first-order valence-corrected chi connectivity index (χ1v) is 7.88. The molecule has 1 atom stereocenters. The Morgan fingerprint density at radius 3 is 2.70 bits per heavy atom. The van der Waals surface area contributed by atoms with E-state index >= 15 is 0 Å². The van der Waals surface area contributed by atoms with Gasteiger partial charge in [-0.15, -0.1) is 0 Å². The molecular weight excluding hydrogens is 312 g/mol. The molecule has 2 aromatic rings. The lowest BCUT2D eigenvalue weighted by Gasteiger charge is -2.28. The summed E-state index contributed by atoms with van der Waals surface area (Å²) in [7, 11) is 0. The van der Waals surface area contributed by atoms with Gasteiger partial charge < -0.3 is 10.6 Å². The van der Waals surface area contributed by atoms with Gasteiger partial charge in [-0.1, -0.05) is 46.3 Å². The normalized spacial score (nSPS) is 18.5. The average molecular weight is 331 g/mol. The molecule has 1 aliphatic rings. The Bertz CT molecular complexity index is 583. The van der Waals surface area contributed by atoms with Crippen molar-refractivity contribution in [3.05, 3.63) is 64.1 Å². The Hall–Kier alpha value is -1.32. The molecule has 1 fully saturated rings. The minimum Gasteiger partial charge on any atom is -0.364 e. The third-order valence-electron chi connectivity index (χ3n) is 3.95. The van der Waals surface area contributed by atoms with Gasteiger partial charge in [0.25, 0.3) is 0 Å². The molecule has 1 unspecified atom stereocenters. The highest BCUT2D eigenvalue weighted by molar-refractivity contribution is 9.10. The summed E-state index contributed by atoms with van der Waals surface area (Å²) in [4.78, 5) is 2.50. The molecule has 20 heavy (non-hydrogen) atoms. The second-order valence-electron chi connectivity index (χ2n) is 5.28. The number of nitrogens with zero attached hydrogens (tertiary/aromatic N) is 1. The molecule has 2 N–H and O–H groups in total. The largest absolute Gasteiger partial charge is 0.364 e. The van der Waals surface area contributed by atoms with Crippen LogP contribution < -0.4 is 10.6 Å². The van der Waals surface area contributed by atoms with E-state index in [4.69, 9.17) is 5.73 Å². The molecule has 0 aliphatic carbocycles. The molecule has 0 spiro atoms. The Labute approximate surface area is 128 Å². The molecule has 0 radical (unpaired) electrons. The van der Waals surface area contributed by atoms with Crippen LogP contribution in [0.4, 0.5) is 5.69 Å². The third kappa shape index (κ3) is 2.74. The van der Waals surface area contributed by atoms with Gasteiger partial charge in [0, 0.05) is 23.2 Å². The van der Waals surface area contributed by atoms with E-state index in [-0.39, 0.29) is 0 Å². The molecule has 2 nitrogen and oxygen atoms in total. The van der Waals surface area contributed by atoms with E-state index in [0.29, 0.717) is 12.6 Å². The van der Waals surface area contributed by atoms with Crippen LogP contribution in [-0.2, 0) is 6.54 Å². The molecule has 1 heterocycles. The van der Waals surface area contributed by atoms with Crippen LogP contribution in [0.15, 0.2) is 53.0 Å². The topological polar surface area (TPSA) is 29.3 Å². The minimum absolute atomic E-state index is 0.483. The standard InChI is InChI=1S/C17H19BrN2/c18-15-9-13(12-19)10-16(11-15)20-8-4-7-17(20)14-5-2-1-3-6-14/h1-3,5-6,9-11,17H,4,7-8,12,19H2. The summed E-state index contributed by atoms with van der Waals surface area (Å²) >= 11 is 3.59. The number of nitrogens with two attached hydrogens (primary N) is 1. The van der Waals surface area contributed by atoms with Crippen LogP contribution in [0.25, 0.3) is 0 Å². The van der Waals surface area contributed by atoms with Crippen molar-refractivity contribution >= 4 is 21.6 Å². The van der Waals surface area contributed by atoms with E-state index in [1.165, 1.54) is 29.7 Å². The SMILES string of the molecule is NCc1cc(Br)cc(N2CCCC2c2ccccc2)c1. The lowest BCUT2D eigenvalue weighted by Crippen LogP contribution is -2.22. The summed E-state index contributed by atoms with van der Waals surface area (Å²) in [5.74, 6) is 0. The third-order valence-corrected chi connectivity index (χ3v) is 4.40. The van der Waals surface area contributed by atoms with Crippen molar-refractivity contribution in [1.82, 2.24) is 0 Å². The molecule has 0 aromatic heterocycles. The van der Waals surface area contributed by atoms with Crippen LogP contribution in [-0.4, -0.2) is 6.54 Å². The maximum absolute atomic E-state index is 5.79. The van der Waals surface area contributed by atoms with E-state index in [1.54, 1.807) is 0 Å². The molecule has 3 rings (SSSR count). The summed E-state index contributed by atoms with van der Waals surface area (Å²) in [6, 6.07) is 17.8. The fourth-order valence-corrected chi connectivity index (χ4v) is 3.54. The molecule has 1 aliphatic heterocycles. The molecule has 0 amide bonds. The predicted molar refractivity (Wildman–Crippen MR) is 87.8 cm³/mol. The van der Waals surface area contributed by atoms with Crippen molar-refractivity contribution in [2.24, 2.45) is 5.73 Å². The fourth-order valence-electron chi connectivity index (χ4n) is 3.01. The van der Waals surface area contributed by atoms with Crippen molar-refractivity contribution in [2.75, 3.05) is 11.4 Å². The number of hydrogen-bond acceptors (Lipinski definition) is 2. The first-order chi connectivity index (χ1) is 9.78. The van der Waals surface area contributed by atoms with Gasteiger partial charge in [-0.2, -0.15) is 0 Å². The maximum Gasteiger partial charge on any atom is 0.0543 e. The molecule has 3 heteroatoms. The number of anilines is 1. The van der Waals surface area contributed by atoms with Gasteiger partial charge in [-0.3, -0.25) is 0 Å². The van der Waals surface area contributed by atoms with Gasteiger partial charge in [0.15, 0.2) is 0 Å². The van der Waals surface area contributed by atoms with Crippen LogP contribution in [0.5, 0.6) is 0 Å². The maximum atomic E-state index is 5.79. The lowest BCUT2D eigenvalue weighted by atomic mass is 10.0. The molecule has 104 valence electrons. The average Bonchev–Trinajstić information content (AvgIpc) is 2.97. The zero-order valence-corrected chi connectivity index (χ0v) is 13.0. The first-order valence-electron chi connectivity index (χ1n) is 7.09. The fraction of sp³-hybridized carbons (Fsp3) is 0.294. The molecular formula is C17H19BrN2. The highest BCUT2D eigenvalue weighted by Gasteiger charge is 2.26. The number of benzene rings is 2. The van der Waals surface area contributed by atoms with Crippen LogP contribution in [0.1, 0.15) is 30.0 Å². The summed E-state index contributed by atoms with van der Waals surface area (Å²) in [6.07, 6.45) is 2.46. The second-order valence-corrected chi connectivity index (χ2v) is 6.20. The number of hydrogen-bond donors (Lipinski definition) is 1. The molecule has 1 saturated heterocycles. The molecule has 0 bridgehead atoms. The summed E-state index contributed by atoms with van der Waals surface area (Å²) in [5, 5.41) is 0. The van der Waals surface area contributed by atoms with Crippen molar-refractivity contribution in [3.8, 4) is 0 Å². The van der Waals surface area contributed by atoms with Gasteiger partial charge in [-0.25, -0.2) is 0 Å². The van der Waals surface area contributed by atoms with Crippen molar-refractivity contribution < 1.29 is 0 Å².